The molecule has 0 aromatic carbocycles. The average Bonchev–Trinajstić information content (AvgIpc) is 2.34. The molecule has 2 N–H and O–H groups in total. The minimum atomic E-state index is 0.221. The third-order valence-electron chi connectivity index (χ3n) is 2.66. The number of nitrogens with zero attached hydrogens (tertiary/aromatic N) is 2. The zero-order valence-corrected chi connectivity index (χ0v) is 12.5. The van der Waals surface area contributed by atoms with Gasteiger partial charge in [-0.3, -0.25) is 0 Å². The van der Waals surface area contributed by atoms with Gasteiger partial charge in [-0.1, -0.05) is 13.8 Å². The molecule has 0 saturated carbocycles. The number of aliphatic hydroxyl groups is 1. The monoisotopic (exact) mass is 269 g/mol. The molecule has 0 aliphatic rings. The summed E-state index contributed by atoms with van der Waals surface area (Å²) in [6, 6.07) is 0. The molecule has 0 spiro atoms. The lowest BCUT2D eigenvalue weighted by Gasteiger charge is -2.15. The first-order valence-corrected chi connectivity index (χ1v) is 7.39. The molecule has 0 aliphatic heterocycles. The molecule has 0 radical (unpaired) electrons. The van der Waals surface area contributed by atoms with Crippen molar-refractivity contribution in [1.29, 1.82) is 0 Å². The fourth-order valence-corrected chi connectivity index (χ4v) is 2.62. The molecule has 18 heavy (non-hydrogen) atoms. The standard InChI is InChI=1S/C13H23N3OS/c1-5-11-15-12(14-6-2)10(4)13(16-11)18-9(3)7-8-17/h9,17H,5-8H2,1-4H3,(H,14,15,16). The van der Waals surface area contributed by atoms with Gasteiger partial charge in [0, 0.05) is 30.4 Å². The highest BCUT2D eigenvalue weighted by atomic mass is 32.2. The van der Waals surface area contributed by atoms with Gasteiger partial charge in [0.2, 0.25) is 0 Å². The fraction of sp³-hybridized carbons (Fsp3) is 0.692. The van der Waals surface area contributed by atoms with Crippen LogP contribution in [0.5, 0.6) is 0 Å². The molecule has 0 saturated heterocycles. The van der Waals surface area contributed by atoms with Crippen LogP contribution in [0, 0.1) is 6.92 Å². The maximum Gasteiger partial charge on any atom is 0.133 e. The van der Waals surface area contributed by atoms with Crippen molar-refractivity contribution in [2.45, 2.75) is 50.8 Å². The Balaban J connectivity index is 2.97. The summed E-state index contributed by atoms with van der Waals surface area (Å²) in [4.78, 5) is 9.10. The SMILES string of the molecule is CCNc1nc(CC)nc(SC(C)CCO)c1C. The third kappa shape index (κ3) is 4.14. The first-order valence-electron chi connectivity index (χ1n) is 6.51. The van der Waals surface area contributed by atoms with Gasteiger partial charge < -0.3 is 10.4 Å². The van der Waals surface area contributed by atoms with Crippen molar-refractivity contribution in [2.24, 2.45) is 0 Å². The Labute approximate surface area is 114 Å². The maximum absolute atomic E-state index is 8.97. The van der Waals surface area contributed by atoms with Gasteiger partial charge in [0.15, 0.2) is 0 Å². The minimum absolute atomic E-state index is 0.221. The van der Waals surface area contributed by atoms with E-state index in [1.54, 1.807) is 11.8 Å². The van der Waals surface area contributed by atoms with Gasteiger partial charge in [0.25, 0.3) is 0 Å². The van der Waals surface area contributed by atoms with Gasteiger partial charge in [-0.05, 0) is 20.3 Å². The van der Waals surface area contributed by atoms with Gasteiger partial charge in [-0.2, -0.15) is 0 Å². The Morgan fingerprint density at radius 2 is 2.06 bits per heavy atom. The predicted octanol–water partition coefficient (Wildman–Crippen LogP) is 2.64. The summed E-state index contributed by atoms with van der Waals surface area (Å²) >= 11 is 1.71. The largest absolute Gasteiger partial charge is 0.396 e. The van der Waals surface area contributed by atoms with E-state index >= 15 is 0 Å². The number of hydrogen-bond donors (Lipinski definition) is 2. The van der Waals surface area contributed by atoms with E-state index in [2.05, 4.69) is 36.1 Å². The quantitative estimate of drug-likeness (QED) is 0.588. The van der Waals surface area contributed by atoms with E-state index in [4.69, 9.17) is 5.11 Å². The lowest BCUT2D eigenvalue weighted by atomic mass is 10.3. The van der Waals surface area contributed by atoms with Crippen molar-refractivity contribution in [1.82, 2.24) is 9.97 Å². The molecule has 0 fully saturated rings. The summed E-state index contributed by atoms with van der Waals surface area (Å²) < 4.78 is 0. The van der Waals surface area contributed by atoms with Crippen LogP contribution < -0.4 is 5.32 Å². The van der Waals surface area contributed by atoms with Crippen molar-refractivity contribution in [3.8, 4) is 0 Å². The summed E-state index contributed by atoms with van der Waals surface area (Å²) in [5, 5.41) is 13.6. The molecule has 1 aromatic rings. The molecule has 1 aromatic heterocycles. The Morgan fingerprint density at radius 3 is 2.61 bits per heavy atom. The van der Waals surface area contributed by atoms with Crippen LogP contribution in [0.2, 0.25) is 0 Å². The van der Waals surface area contributed by atoms with E-state index in [1.165, 1.54) is 0 Å². The van der Waals surface area contributed by atoms with Crippen LogP contribution >= 0.6 is 11.8 Å². The lowest BCUT2D eigenvalue weighted by Crippen LogP contribution is -2.09. The molecule has 0 amide bonds. The molecule has 0 aliphatic carbocycles. The number of aliphatic hydroxyl groups excluding tert-OH is 1. The van der Waals surface area contributed by atoms with E-state index in [0.717, 1.165) is 41.6 Å². The normalized spacial score (nSPS) is 12.5. The van der Waals surface area contributed by atoms with Crippen LogP contribution in [0.4, 0.5) is 5.82 Å². The fourth-order valence-electron chi connectivity index (χ4n) is 1.58. The predicted molar refractivity (Wildman–Crippen MR) is 77.3 cm³/mol. The second-order valence-electron chi connectivity index (χ2n) is 4.24. The molecule has 1 atom stereocenters. The number of rotatable bonds is 7. The molecule has 5 heteroatoms. The van der Waals surface area contributed by atoms with Gasteiger partial charge in [0.05, 0.1) is 0 Å². The second-order valence-corrected chi connectivity index (χ2v) is 5.67. The molecular weight excluding hydrogens is 246 g/mol. The van der Waals surface area contributed by atoms with E-state index in [-0.39, 0.29) is 6.61 Å². The number of hydrogen-bond acceptors (Lipinski definition) is 5. The van der Waals surface area contributed by atoms with Gasteiger partial charge in [-0.15, -0.1) is 11.8 Å². The van der Waals surface area contributed by atoms with E-state index in [9.17, 15) is 0 Å². The average molecular weight is 269 g/mol. The summed E-state index contributed by atoms with van der Waals surface area (Å²) in [7, 11) is 0. The molecular formula is C13H23N3OS. The number of nitrogens with one attached hydrogen (secondary N) is 1. The van der Waals surface area contributed by atoms with E-state index in [0.29, 0.717) is 5.25 Å². The van der Waals surface area contributed by atoms with Crippen molar-refractivity contribution >= 4 is 17.6 Å². The Bertz CT molecular complexity index is 385. The number of anilines is 1. The van der Waals surface area contributed by atoms with E-state index in [1.807, 2.05) is 6.92 Å². The van der Waals surface area contributed by atoms with Crippen LogP contribution in [0.25, 0.3) is 0 Å². The van der Waals surface area contributed by atoms with Crippen molar-refractivity contribution in [3.05, 3.63) is 11.4 Å². The zero-order valence-electron chi connectivity index (χ0n) is 11.7. The van der Waals surface area contributed by atoms with Crippen LogP contribution in [-0.2, 0) is 6.42 Å². The Morgan fingerprint density at radius 1 is 1.33 bits per heavy atom. The van der Waals surface area contributed by atoms with Crippen LogP contribution in [0.3, 0.4) is 0 Å². The topological polar surface area (TPSA) is 58.0 Å². The van der Waals surface area contributed by atoms with Crippen molar-refractivity contribution < 1.29 is 5.11 Å². The second kappa shape index (κ2) is 7.59. The maximum atomic E-state index is 8.97. The molecule has 1 unspecified atom stereocenters. The lowest BCUT2D eigenvalue weighted by molar-refractivity contribution is 0.289. The first-order chi connectivity index (χ1) is 8.62. The number of aryl methyl sites for hydroxylation is 1. The molecule has 4 nitrogen and oxygen atoms in total. The highest BCUT2D eigenvalue weighted by Gasteiger charge is 2.13. The summed E-state index contributed by atoms with van der Waals surface area (Å²) in [5.41, 5.74) is 1.10. The smallest absolute Gasteiger partial charge is 0.133 e. The zero-order chi connectivity index (χ0) is 13.5. The van der Waals surface area contributed by atoms with Gasteiger partial charge >= 0.3 is 0 Å². The van der Waals surface area contributed by atoms with Crippen molar-refractivity contribution in [2.75, 3.05) is 18.5 Å². The van der Waals surface area contributed by atoms with E-state index < -0.39 is 0 Å². The number of thioether (sulfide) groups is 1. The van der Waals surface area contributed by atoms with Crippen LogP contribution in [-0.4, -0.2) is 33.5 Å². The van der Waals surface area contributed by atoms with Gasteiger partial charge in [0.1, 0.15) is 16.7 Å². The molecule has 102 valence electrons. The van der Waals surface area contributed by atoms with Crippen LogP contribution in [0.15, 0.2) is 5.03 Å². The Kier molecular flexibility index (Phi) is 6.43. The first kappa shape index (κ1) is 15.2. The number of aromatic nitrogens is 2. The Hall–Kier alpha value is -0.810. The van der Waals surface area contributed by atoms with Crippen LogP contribution in [0.1, 0.15) is 38.6 Å². The van der Waals surface area contributed by atoms with Gasteiger partial charge in [-0.25, -0.2) is 9.97 Å². The van der Waals surface area contributed by atoms with Crippen molar-refractivity contribution in [3.63, 3.8) is 0 Å². The third-order valence-corrected chi connectivity index (χ3v) is 3.92. The summed E-state index contributed by atoms with van der Waals surface area (Å²) in [6.45, 7) is 9.36. The summed E-state index contributed by atoms with van der Waals surface area (Å²) in [5.74, 6) is 1.80. The highest BCUT2D eigenvalue weighted by Crippen LogP contribution is 2.29. The molecule has 1 rings (SSSR count). The minimum Gasteiger partial charge on any atom is -0.396 e. The molecule has 1 heterocycles. The summed E-state index contributed by atoms with van der Waals surface area (Å²) in [6.07, 6.45) is 1.62. The molecule has 0 bridgehead atoms. The highest BCUT2D eigenvalue weighted by molar-refractivity contribution is 7.99.